The van der Waals surface area contributed by atoms with Gasteiger partial charge in [0.05, 0.1) is 79.7 Å². The topological polar surface area (TPSA) is 23.0 Å². The third-order valence-electron chi connectivity index (χ3n) is 9.24. The van der Waals surface area contributed by atoms with Crippen molar-refractivity contribution in [1.82, 2.24) is 9.13 Å². The second-order valence-corrected chi connectivity index (χ2v) is 12.3. The van der Waals surface area contributed by atoms with Gasteiger partial charge < -0.3 is 13.6 Å². The molecular weight excluding hydrogens is 693 g/mol. The van der Waals surface area contributed by atoms with Gasteiger partial charge in [-0.05, 0) is 99.8 Å². The second kappa shape index (κ2) is 12.5. The zero-order valence-electron chi connectivity index (χ0n) is 62.3. The van der Waals surface area contributed by atoms with E-state index >= 15 is 0 Å². The van der Waals surface area contributed by atoms with Crippen molar-refractivity contribution in [2.24, 2.45) is 0 Å². The molecule has 3 heterocycles. The maximum Gasteiger partial charge on any atom is 0.137 e. The van der Waals surface area contributed by atoms with Gasteiger partial charge in [-0.3, -0.25) is 0 Å². The molecule has 0 bridgehead atoms. The van der Waals surface area contributed by atoms with Gasteiger partial charge in [0, 0.05) is 32.6 Å². The van der Waals surface area contributed by atoms with Gasteiger partial charge in [0.1, 0.15) is 11.2 Å². The first-order chi connectivity index (χ1) is 42.4. The van der Waals surface area contributed by atoms with Crippen molar-refractivity contribution in [3.05, 3.63) is 205 Å². The molecule has 0 aliphatic heterocycles. The minimum Gasteiger partial charge on any atom is -0.456 e. The Labute approximate surface area is 376 Å². The lowest BCUT2D eigenvalue weighted by molar-refractivity contribution is 0.669. The van der Waals surface area contributed by atoms with Crippen LogP contribution in [0, 0.1) is 0 Å². The van der Waals surface area contributed by atoms with Gasteiger partial charge >= 0.3 is 0 Å². The summed E-state index contributed by atoms with van der Waals surface area (Å²) >= 11 is 0. The Bertz CT molecular complexity index is 5470. The molecule has 0 saturated heterocycles. The van der Waals surface area contributed by atoms with E-state index in [0.717, 1.165) is 4.57 Å². The highest BCUT2D eigenvalue weighted by Crippen LogP contribution is 2.43. The van der Waals surface area contributed by atoms with Crippen molar-refractivity contribution in [1.29, 1.82) is 0 Å². The van der Waals surface area contributed by atoms with Gasteiger partial charge in [0.2, 0.25) is 0 Å². The lowest BCUT2D eigenvalue weighted by Gasteiger charge is -2.12. The Morgan fingerprint density at radius 2 is 0.842 bits per heavy atom. The van der Waals surface area contributed by atoms with Gasteiger partial charge in [-0.25, -0.2) is 0 Å². The van der Waals surface area contributed by atoms with Crippen molar-refractivity contribution in [3.63, 3.8) is 0 Å². The number of hydrogen-bond acceptors (Lipinski definition) is 1. The summed E-state index contributed by atoms with van der Waals surface area (Å²) in [5.74, 6) is 0. The van der Waals surface area contributed by atoms with Crippen LogP contribution in [0.15, 0.2) is 210 Å². The molecule has 0 fully saturated rings. The quantitative estimate of drug-likeness (QED) is 0.171. The number of para-hydroxylation sites is 2. The van der Waals surface area contributed by atoms with Crippen LogP contribution in [-0.4, -0.2) is 9.13 Å². The van der Waals surface area contributed by atoms with Crippen LogP contribution in [0.1, 0.15) is 46.6 Å². The molecule has 0 radical (unpaired) electrons. The van der Waals surface area contributed by atoms with Gasteiger partial charge in [0.25, 0.3) is 0 Å². The first kappa shape index (κ1) is 13.0. The summed E-state index contributed by atoms with van der Waals surface area (Å²) in [5, 5.41) is -4.06. The molecule has 0 aliphatic rings. The highest BCUT2D eigenvalue weighted by Gasteiger charge is 2.21. The molecule has 12 rings (SSSR count). The van der Waals surface area contributed by atoms with E-state index in [2.05, 4.69) is 0 Å². The van der Waals surface area contributed by atoms with E-state index in [1.807, 2.05) is 0 Å². The summed E-state index contributed by atoms with van der Waals surface area (Å²) in [4.78, 5) is 0. The van der Waals surface area contributed by atoms with E-state index in [1.54, 1.807) is 0 Å². The van der Waals surface area contributed by atoms with Gasteiger partial charge in [-0.1, -0.05) is 139 Å². The Morgan fingerprint density at radius 3 is 1.54 bits per heavy atom. The van der Waals surface area contributed by atoms with Crippen LogP contribution in [0.25, 0.3) is 110 Å². The second-order valence-electron chi connectivity index (χ2n) is 12.3. The SMILES string of the molecule is [2H]c1c([2H])c([2H])c(-c2c([2H])c([2H])c([2H])c(-n3c4c([2H])c([2H])c([2H])c([2H])c4c4c([2H])c(-c5c([2H])c([2H])c6c(c5[2H])c5c([2H])c([2H])c([2H])c([2H])c5n6-c5c([2H])c([2H])c([2H])c6oc7c([2H])c([2H])c([2H])c(-c8c([2H])c([2H])c([2H])c([2H])c8[2H])c7c56)c([2H])c([2H])c43)c2[2H])c([2H])c1[2H]. The highest BCUT2D eigenvalue weighted by molar-refractivity contribution is 6.18. The summed E-state index contributed by atoms with van der Waals surface area (Å²) in [5.41, 5.74) is -11.1. The number of hydrogen-bond donors (Lipinski definition) is 0. The molecule has 0 spiro atoms. The van der Waals surface area contributed by atoms with Crippen molar-refractivity contribution < 1.29 is 51.0 Å². The zero-order valence-corrected chi connectivity index (χ0v) is 28.3. The number of rotatable bonds is 5. The predicted octanol–water partition coefficient (Wildman–Crippen LogP) is 14.8. The molecule has 57 heavy (non-hydrogen) atoms. The summed E-state index contributed by atoms with van der Waals surface area (Å²) in [6.45, 7) is 0. The molecule has 0 N–H and O–H groups in total. The first-order valence-electron chi connectivity index (χ1n) is 33.7. The number of fused-ring (bicyclic) bond motifs is 9. The fourth-order valence-corrected chi connectivity index (χ4v) is 6.90. The first-order valence-corrected chi connectivity index (χ1v) is 16.7. The van der Waals surface area contributed by atoms with E-state index in [-0.39, 0.29) is 0 Å². The molecule has 0 atom stereocenters. The van der Waals surface area contributed by atoms with Crippen LogP contribution in [0.2, 0.25) is 0 Å². The van der Waals surface area contributed by atoms with Crippen LogP contribution >= 0.6 is 0 Å². The van der Waals surface area contributed by atoms with Crippen LogP contribution in [0.4, 0.5) is 0 Å². The van der Waals surface area contributed by atoms with Gasteiger partial charge in [0.15, 0.2) is 0 Å². The van der Waals surface area contributed by atoms with E-state index in [9.17, 15) is 19.2 Å². The highest BCUT2D eigenvalue weighted by atomic mass is 16.3. The lowest BCUT2D eigenvalue weighted by atomic mass is 9.98. The Kier molecular flexibility index (Phi) is 2.84. The van der Waals surface area contributed by atoms with E-state index in [4.69, 9.17) is 31.8 Å². The van der Waals surface area contributed by atoms with Gasteiger partial charge in [-0.2, -0.15) is 0 Å². The standard InChI is InChI=1S/C54H34N2O/c1-3-14-35(15-4-1)37-18-11-19-40(32-37)55-46-23-9-7-20-42(46)44-33-38(28-30-48(44)55)39-29-31-49-45(34-39)43-21-8-10-24-47(43)56(49)50-25-13-27-52-54(50)53-41(22-12-26-51(53)57-52)36-16-5-2-6-17-36/h1-34H/i1D,2D,3D,4D,5D,6D,7D,8D,9D,10D,11D,12D,13D,14D,15D,16D,17D,18D,19D,20D,21D,22D,23D,24D,25D,26D,27D,28D,29D,30D,31D,32D,33D,34D. The molecule has 9 aromatic carbocycles. The average molecular weight is 761 g/mol. The number of aromatic nitrogens is 2. The maximum absolute atomic E-state index is 10.1. The van der Waals surface area contributed by atoms with Crippen LogP contribution in [0.5, 0.6) is 0 Å². The Balaban J connectivity index is 1.28. The van der Waals surface area contributed by atoms with E-state index < -0.39 is 316 Å². The van der Waals surface area contributed by atoms with Crippen molar-refractivity contribution in [3.8, 4) is 44.8 Å². The van der Waals surface area contributed by atoms with Crippen molar-refractivity contribution in [2.45, 2.75) is 0 Å². The lowest BCUT2D eigenvalue weighted by Crippen LogP contribution is -1.95. The summed E-state index contributed by atoms with van der Waals surface area (Å²) < 4.78 is 316. The molecule has 0 saturated carbocycles. The minimum atomic E-state index is -1.15. The smallest absolute Gasteiger partial charge is 0.137 e. The fourth-order valence-electron chi connectivity index (χ4n) is 6.90. The Morgan fingerprint density at radius 1 is 0.333 bits per heavy atom. The molecular formula is C54H34N2O. The molecule has 3 heteroatoms. The third-order valence-corrected chi connectivity index (χ3v) is 9.24. The van der Waals surface area contributed by atoms with Crippen molar-refractivity contribution in [2.75, 3.05) is 0 Å². The number of nitrogens with zero attached hydrogens (tertiary/aromatic N) is 2. The van der Waals surface area contributed by atoms with E-state index in [0.29, 0.717) is 4.57 Å². The van der Waals surface area contributed by atoms with Crippen LogP contribution in [0.3, 0.4) is 0 Å². The normalized spacial score (nSPS) is 20.2. The largest absolute Gasteiger partial charge is 0.456 e. The summed E-state index contributed by atoms with van der Waals surface area (Å²) in [7, 11) is 0. The molecule has 0 aliphatic carbocycles. The summed E-state index contributed by atoms with van der Waals surface area (Å²) in [6, 6.07) is -33.7. The third kappa shape index (κ3) is 4.86. The predicted molar refractivity (Wildman–Crippen MR) is 239 cm³/mol. The molecule has 0 amide bonds. The monoisotopic (exact) mass is 760 g/mol. The zero-order chi connectivity index (χ0) is 67.0. The number of benzene rings is 9. The molecule has 3 aromatic heterocycles. The summed E-state index contributed by atoms with van der Waals surface area (Å²) in [6.07, 6.45) is 0. The van der Waals surface area contributed by atoms with Crippen molar-refractivity contribution >= 4 is 65.6 Å². The minimum absolute atomic E-state index is 0.603. The molecule has 12 aromatic rings. The molecule has 0 unspecified atom stereocenters. The molecule has 3 nitrogen and oxygen atoms in total. The fraction of sp³-hybridized carbons (Fsp3) is 0. The average Bonchev–Trinajstić information content (AvgIpc) is 1.54. The molecule has 266 valence electrons. The maximum atomic E-state index is 10.1. The Hall–Kier alpha value is -7.62. The van der Waals surface area contributed by atoms with Crippen LogP contribution < -0.4 is 0 Å². The van der Waals surface area contributed by atoms with Crippen LogP contribution in [-0.2, 0) is 0 Å². The number of furan rings is 1. The van der Waals surface area contributed by atoms with Gasteiger partial charge in [-0.15, -0.1) is 0 Å². The van der Waals surface area contributed by atoms with E-state index in [1.165, 1.54) is 0 Å².